The average Bonchev–Trinajstić information content (AvgIpc) is 2.64. The van der Waals surface area contributed by atoms with E-state index in [1.54, 1.807) is 12.0 Å². The maximum atomic E-state index is 12.4. The van der Waals surface area contributed by atoms with Gasteiger partial charge < -0.3 is 9.64 Å². The summed E-state index contributed by atoms with van der Waals surface area (Å²) >= 11 is 0. The molecule has 2 heterocycles. The van der Waals surface area contributed by atoms with Crippen molar-refractivity contribution >= 4 is 5.91 Å². The number of carbonyl (C=O) groups excluding carboxylic acids is 1. The van der Waals surface area contributed by atoms with Gasteiger partial charge in [-0.2, -0.15) is 0 Å². The summed E-state index contributed by atoms with van der Waals surface area (Å²) in [6.07, 6.45) is 1.63. The van der Waals surface area contributed by atoms with E-state index < -0.39 is 11.1 Å². The first kappa shape index (κ1) is 17.0. The van der Waals surface area contributed by atoms with Crippen molar-refractivity contribution in [2.24, 2.45) is 0 Å². The molecule has 0 saturated carbocycles. The number of hydrogen-bond donors (Lipinski definition) is 2. The van der Waals surface area contributed by atoms with Crippen LogP contribution in [0.5, 0.6) is 5.75 Å². The lowest BCUT2D eigenvalue weighted by molar-refractivity contribution is -0.131. The lowest BCUT2D eigenvalue weighted by atomic mass is 9.88. The molecule has 25 heavy (non-hydrogen) atoms. The van der Waals surface area contributed by atoms with Crippen LogP contribution < -0.4 is 15.9 Å². The number of aromatic amines is 2. The van der Waals surface area contributed by atoms with Crippen LogP contribution in [0.1, 0.15) is 29.9 Å². The number of aromatic nitrogens is 2. The maximum absolute atomic E-state index is 12.4. The Kier molecular flexibility index (Phi) is 5.02. The summed E-state index contributed by atoms with van der Waals surface area (Å²) < 4.78 is 5.42. The number of ether oxygens (including phenoxy) is 1. The third-order valence-corrected chi connectivity index (χ3v) is 4.66. The molecule has 7 heteroatoms. The molecular weight excluding hydrogens is 322 g/mol. The topological polar surface area (TPSA) is 95.3 Å². The molecule has 1 aromatic carbocycles. The van der Waals surface area contributed by atoms with Crippen LogP contribution in [0.15, 0.2) is 39.9 Å². The minimum absolute atomic E-state index is 0.0570. The van der Waals surface area contributed by atoms with Crippen LogP contribution in [-0.2, 0) is 11.2 Å². The monoisotopic (exact) mass is 343 g/mol. The van der Waals surface area contributed by atoms with Gasteiger partial charge >= 0.3 is 0 Å². The van der Waals surface area contributed by atoms with Crippen LogP contribution in [0.3, 0.4) is 0 Å². The summed E-state index contributed by atoms with van der Waals surface area (Å²) in [6, 6.07) is 9.13. The van der Waals surface area contributed by atoms with E-state index in [1.165, 1.54) is 11.6 Å². The molecule has 2 N–H and O–H groups in total. The quantitative estimate of drug-likeness (QED) is 0.866. The fraction of sp³-hybridized carbons (Fsp3) is 0.389. The number of benzene rings is 1. The first-order valence-electron chi connectivity index (χ1n) is 8.30. The van der Waals surface area contributed by atoms with Gasteiger partial charge in [0.15, 0.2) is 0 Å². The van der Waals surface area contributed by atoms with E-state index in [-0.39, 0.29) is 17.9 Å². The second kappa shape index (κ2) is 7.38. The molecule has 0 bridgehead atoms. The Balaban J connectivity index is 1.64. The Morgan fingerprint density at radius 3 is 2.64 bits per heavy atom. The summed E-state index contributed by atoms with van der Waals surface area (Å²) in [5, 5.41) is 4.44. The predicted molar refractivity (Wildman–Crippen MR) is 92.9 cm³/mol. The van der Waals surface area contributed by atoms with Gasteiger partial charge in [0.1, 0.15) is 5.75 Å². The molecule has 0 atom stereocenters. The summed E-state index contributed by atoms with van der Waals surface area (Å²) in [4.78, 5) is 37.2. The van der Waals surface area contributed by atoms with Gasteiger partial charge in [-0.05, 0) is 30.4 Å². The summed E-state index contributed by atoms with van der Waals surface area (Å²) in [7, 11) is 1.66. The Bertz CT molecular complexity index is 863. The summed E-state index contributed by atoms with van der Waals surface area (Å²) in [6.45, 7) is 1.26. The number of nitrogens with zero attached hydrogens (tertiary/aromatic N) is 1. The molecule has 1 aromatic heterocycles. The van der Waals surface area contributed by atoms with Crippen LogP contribution in [0.25, 0.3) is 0 Å². The van der Waals surface area contributed by atoms with Crippen molar-refractivity contribution in [1.82, 2.24) is 15.1 Å². The minimum atomic E-state index is -0.433. The van der Waals surface area contributed by atoms with E-state index in [0.29, 0.717) is 19.0 Å². The first-order valence-corrected chi connectivity index (χ1v) is 8.30. The fourth-order valence-electron chi connectivity index (χ4n) is 3.31. The van der Waals surface area contributed by atoms with Crippen LogP contribution >= 0.6 is 0 Å². The molecule has 132 valence electrons. The molecule has 0 radical (unpaired) electrons. The number of methoxy groups -OCH3 is 1. The Hall–Kier alpha value is -2.83. The second-order valence-electron chi connectivity index (χ2n) is 6.19. The number of nitrogens with one attached hydrogen (secondary N) is 2. The van der Waals surface area contributed by atoms with Gasteiger partial charge in [0.2, 0.25) is 5.91 Å². The molecule has 0 unspecified atom stereocenters. The molecular formula is C18H21N3O4. The van der Waals surface area contributed by atoms with Crippen molar-refractivity contribution in [3.8, 4) is 5.75 Å². The van der Waals surface area contributed by atoms with E-state index in [0.717, 1.165) is 18.6 Å². The van der Waals surface area contributed by atoms with Crippen molar-refractivity contribution in [1.29, 1.82) is 0 Å². The van der Waals surface area contributed by atoms with Crippen LogP contribution in [-0.4, -0.2) is 41.2 Å². The van der Waals surface area contributed by atoms with Gasteiger partial charge in [-0.1, -0.05) is 18.2 Å². The molecule has 0 spiro atoms. The first-order chi connectivity index (χ1) is 12.1. The highest BCUT2D eigenvalue weighted by Gasteiger charge is 2.25. The second-order valence-corrected chi connectivity index (χ2v) is 6.19. The zero-order valence-electron chi connectivity index (χ0n) is 14.1. The zero-order valence-corrected chi connectivity index (χ0v) is 14.1. The Morgan fingerprint density at radius 2 is 1.92 bits per heavy atom. The highest BCUT2D eigenvalue weighted by molar-refractivity contribution is 5.78. The fourth-order valence-corrected chi connectivity index (χ4v) is 3.31. The van der Waals surface area contributed by atoms with Crippen molar-refractivity contribution in [2.75, 3.05) is 20.2 Å². The molecule has 1 aliphatic heterocycles. The molecule has 0 aliphatic carbocycles. The maximum Gasteiger partial charge on any atom is 0.266 e. The van der Waals surface area contributed by atoms with Gasteiger partial charge in [0.25, 0.3) is 11.1 Å². The molecule has 3 rings (SSSR count). The number of rotatable bonds is 4. The number of H-pyrrole nitrogens is 2. The average molecular weight is 343 g/mol. The van der Waals surface area contributed by atoms with Crippen molar-refractivity contribution < 1.29 is 9.53 Å². The lowest BCUT2D eigenvalue weighted by Crippen LogP contribution is -2.40. The van der Waals surface area contributed by atoms with E-state index >= 15 is 0 Å². The van der Waals surface area contributed by atoms with Gasteiger partial charge in [-0.3, -0.25) is 24.6 Å². The summed E-state index contributed by atoms with van der Waals surface area (Å²) in [5.74, 6) is 1.10. The third-order valence-electron chi connectivity index (χ3n) is 4.66. The number of hydrogen-bond acceptors (Lipinski definition) is 4. The molecule has 1 aliphatic rings. The standard InChI is InChI=1S/C18H21N3O4/c1-25-15-5-3-2-4-14(15)12-6-8-21(9-7-12)17(23)11-13-10-16(22)19-20-18(13)24/h2-5,10,12H,6-9,11H2,1H3,(H,19,22)(H,20,24). The Labute approximate surface area is 144 Å². The van der Waals surface area contributed by atoms with Gasteiger partial charge in [0.05, 0.1) is 13.5 Å². The smallest absolute Gasteiger partial charge is 0.266 e. The number of likely N-dealkylation sites (tertiary alicyclic amines) is 1. The number of piperidine rings is 1. The zero-order chi connectivity index (χ0) is 17.8. The SMILES string of the molecule is COc1ccccc1C1CCN(C(=O)Cc2cc(=O)[nH][nH]c2=O)CC1. The van der Waals surface area contributed by atoms with E-state index in [1.807, 2.05) is 18.2 Å². The van der Waals surface area contributed by atoms with Crippen LogP contribution in [0.2, 0.25) is 0 Å². The van der Waals surface area contributed by atoms with Crippen molar-refractivity contribution in [3.05, 3.63) is 62.2 Å². The van der Waals surface area contributed by atoms with E-state index in [4.69, 9.17) is 4.74 Å². The number of carbonyl (C=O) groups is 1. The normalized spacial score (nSPS) is 15.2. The van der Waals surface area contributed by atoms with Crippen molar-refractivity contribution in [3.63, 3.8) is 0 Å². The van der Waals surface area contributed by atoms with E-state index in [9.17, 15) is 14.4 Å². The third kappa shape index (κ3) is 3.81. The minimum Gasteiger partial charge on any atom is -0.496 e. The molecule has 2 aromatic rings. The van der Waals surface area contributed by atoms with Gasteiger partial charge in [0, 0.05) is 24.7 Å². The highest BCUT2D eigenvalue weighted by Crippen LogP contribution is 2.34. The van der Waals surface area contributed by atoms with Crippen LogP contribution in [0, 0.1) is 0 Å². The highest BCUT2D eigenvalue weighted by atomic mass is 16.5. The van der Waals surface area contributed by atoms with Gasteiger partial charge in [-0.15, -0.1) is 0 Å². The number of para-hydroxylation sites is 1. The van der Waals surface area contributed by atoms with E-state index in [2.05, 4.69) is 16.3 Å². The van der Waals surface area contributed by atoms with Gasteiger partial charge in [-0.25, -0.2) is 0 Å². The molecule has 7 nitrogen and oxygen atoms in total. The molecule has 1 fully saturated rings. The predicted octanol–water partition coefficient (Wildman–Crippen LogP) is 1.02. The molecule has 1 amide bonds. The van der Waals surface area contributed by atoms with Crippen LogP contribution in [0.4, 0.5) is 0 Å². The van der Waals surface area contributed by atoms with Crippen molar-refractivity contribution in [2.45, 2.75) is 25.2 Å². The number of amides is 1. The lowest BCUT2D eigenvalue weighted by Gasteiger charge is -2.32. The molecule has 1 saturated heterocycles. The Morgan fingerprint density at radius 1 is 1.20 bits per heavy atom. The summed E-state index contributed by atoms with van der Waals surface area (Å²) in [5.41, 5.74) is 0.512. The largest absolute Gasteiger partial charge is 0.496 e.